The molecule has 1 aliphatic rings. The van der Waals surface area contributed by atoms with Crippen molar-refractivity contribution in [2.45, 2.75) is 5.41 Å². The lowest BCUT2D eigenvalue weighted by Gasteiger charge is -2.40. The molecular formula is C10H13NO. The van der Waals surface area contributed by atoms with Crippen molar-refractivity contribution in [3.63, 3.8) is 0 Å². The Hall–Kier alpha value is -0.860. The SMILES string of the molecule is NCC1(c2ccccc2)COC1. The summed E-state index contributed by atoms with van der Waals surface area (Å²) in [7, 11) is 0. The summed E-state index contributed by atoms with van der Waals surface area (Å²) in [6.45, 7) is 2.22. The fourth-order valence-electron chi connectivity index (χ4n) is 1.54. The van der Waals surface area contributed by atoms with Gasteiger partial charge in [0.15, 0.2) is 0 Å². The zero-order valence-electron chi connectivity index (χ0n) is 6.99. The van der Waals surface area contributed by atoms with Gasteiger partial charge in [-0.05, 0) is 5.56 Å². The normalized spacial score (nSPS) is 20.1. The molecule has 1 fully saturated rings. The Morgan fingerprint density at radius 2 is 1.92 bits per heavy atom. The van der Waals surface area contributed by atoms with Crippen LogP contribution in [0.25, 0.3) is 0 Å². The topological polar surface area (TPSA) is 35.2 Å². The molecule has 1 heterocycles. The number of hydrogen-bond donors (Lipinski definition) is 1. The lowest BCUT2D eigenvalue weighted by atomic mass is 9.79. The summed E-state index contributed by atoms with van der Waals surface area (Å²) in [4.78, 5) is 0. The van der Waals surface area contributed by atoms with Gasteiger partial charge in [-0.2, -0.15) is 0 Å². The predicted molar refractivity (Wildman–Crippen MR) is 48.0 cm³/mol. The summed E-state index contributed by atoms with van der Waals surface area (Å²) in [6.07, 6.45) is 0. The summed E-state index contributed by atoms with van der Waals surface area (Å²) in [6, 6.07) is 10.4. The largest absolute Gasteiger partial charge is 0.379 e. The molecule has 0 amide bonds. The van der Waals surface area contributed by atoms with Gasteiger partial charge in [0.2, 0.25) is 0 Å². The molecule has 1 aromatic carbocycles. The molecular weight excluding hydrogens is 150 g/mol. The molecule has 0 radical (unpaired) electrons. The molecule has 0 bridgehead atoms. The second-order valence-electron chi connectivity index (χ2n) is 3.34. The first-order valence-corrected chi connectivity index (χ1v) is 4.21. The van der Waals surface area contributed by atoms with Crippen molar-refractivity contribution >= 4 is 0 Å². The van der Waals surface area contributed by atoms with Crippen LogP contribution in [0.5, 0.6) is 0 Å². The first-order valence-electron chi connectivity index (χ1n) is 4.21. The van der Waals surface area contributed by atoms with Crippen LogP contribution in [0.15, 0.2) is 30.3 Å². The molecule has 2 nitrogen and oxygen atoms in total. The van der Waals surface area contributed by atoms with Crippen LogP contribution >= 0.6 is 0 Å². The number of benzene rings is 1. The lowest BCUT2D eigenvalue weighted by Crippen LogP contribution is -2.52. The summed E-state index contributed by atoms with van der Waals surface area (Å²) in [5, 5.41) is 0. The van der Waals surface area contributed by atoms with Crippen LogP contribution in [0.1, 0.15) is 5.56 Å². The highest BCUT2D eigenvalue weighted by Crippen LogP contribution is 2.30. The van der Waals surface area contributed by atoms with E-state index in [1.807, 2.05) is 18.2 Å². The van der Waals surface area contributed by atoms with Crippen LogP contribution in [-0.4, -0.2) is 19.8 Å². The fraction of sp³-hybridized carbons (Fsp3) is 0.400. The van der Waals surface area contributed by atoms with E-state index in [2.05, 4.69) is 12.1 Å². The minimum Gasteiger partial charge on any atom is -0.379 e. The molecule has 0 spiro atoms. The van der Waals surface area contributed by atoms with Crippen molar-refractivity contribution in [3.8, 4) is 0 Å². The van der Waals surface area contributed by atoms with E-state index in [9.17, 15) is 0 Å². The van der Waals surface area contributed by atoms with E-state index in [0.29, 0.717) is 6.54 Å². The zero-order chi connectivity index (χ0) is 8.44. The summed E-state index contributed by atoms with van der Waals surface area (Å²) in [5.74, 6) is 0. The van der Waals surface area contributed by atoms with Crippen molar-refractivity contribution in [2.24, 2.45) is 5.73 Å². The van der Waals surface area contributed by atoms with Crippen molar-refractivity contribution in [2.75, 3.05) is 19.8 Å². The van der Waals surface area contributed by atoms with Crippen LogP contribution in [0.4, 0.5) is 0 Å². The first-order chi connectivity index (χ1) is 5.87. The van der Waals surface area contributed by atoms with Gasteiger partial charge in [-0.15, -0.1) is 0 Å². The van der Waals surface area contributed by atoms with E-state index in [-0.39, 0.29) is 5.41 Å². The molecule has 2 N–H and O–H groups in total. The highest BCUT2D eigenvalue weighted by molar-refractivity contribution is 5.28. The summed E-state index contributed by atoms with van der Waals surface area (Å²) >= 11 is 0. The van der Waals surface area contributed by atoms with Gasteiger partial charge in [0.25, 0.3) is 0 Å². The number of hydrogen-bond acceptors (Lipinski definition) is 2. The molecule has 2 heteroatoms. The molecule has 64 valence electrons. The van der Waals surface area contributed by atoms with E-state index in [4.69, 9.17) is 10.5 Å². The lowest BCUT2D eigenvalue weighted by molar-refractivity contribution is -0.0550. The molecule has 12 heavy (non-hydrogen) atoms. The molecule has 0 aromatic heterocycles. The molecule has 0 saturated carbocycles. The maximum absolute atomic E-state index is 5.72. The summed E-state index contributed by atoms with van der Waals surface area (Å²) < 4.78 is 5.20. The van der Waals surface area contributed by atoms with Gasteiger partial charge in [-0.3, -0.25) is 0 Å². The third-order valence-electron chi connectivity index (χ3n) is 2.53. The second-order valence-corrected chi connectivity index (χ2v) is 3.34. The zero-order valence-corrected chi connectivity index (χ0v) is 6.99. The maximum Gasteiger partial charge on any atom is 0.0597 e. The Bertz CT molecular complexity index is 248. The van der Waals surface area contributed by atoms with E-state index in [1.165, 1.54) is 5.56 Å². The van der Waals surface area contributed by atoms with Crippen molar-refractivity contribution in [1.29, 1.82) is 0 Å². The van der Waals surface area contributed by atoms with Gasteiger partial charge in [0, 0.05) is 6.54 Å². The minimum absolute atomic E-state index is 0.112. The average Bonchev–Trinajstić information content (AvgIpc) is 2.05. The standard InChI is InChI=1S/C10H13NO/c11-6-10(7-12-8-10)9-4-2-1-3-5-9/h1-5H,6-8,11H2. The van der Waals surface area contributed by atoms with Crippen molar-refractivity contribution in [1.82, 2.24) is 0 Å². The Labute approximate surface area is 72.3 Å². The van der Waals surface area contributed by atoms with Gasteiger partial charge >= 0.3 is 0 Å². The fourth-order valence-corrected chi connectivity index (χ4v) is 1.54. The monoisotopic (exact) mass is 163 g/mol. The Morgan fingerprint density at radius 3 is 2.33 bits per heavy atom. The van der Waals surface area contributed by atoms with Gasteiger partial charge < -0.3 is 10.5 Å². The van der Waals surface area contributed by atoms with E-state index < -0.39 is 0 Å². The van der Waals surface area contributed by atoms with Crippen LogP contribution in [0.2, 0.25) is 0 Å². The highest BCUT2D eigenvalue weighted by Gasteiger charge is 2.38. The molecule has 1 aromatic rings. The molecule has 0 unspecified atom stereocenters. The Morgan fingerprint density at radius 1 is 1.25 bits per heavy atom. The Balaban J connectivity index is 2.28. The highest BCUT2D eigenvalue weighted by atomic mass is 16.5. The van der Waals surface area contributed by atoms with Gasteiger partial charge in [-0.1, -0.05) is 30.3 Å². The second kappa shape index (κ2) is 2.88. The van der Waals surface area contributed by atoms with Crippen LogP contribution in [0, 0.1) is 0 Å². The van der Waals surface area contributed by atoms with Crippen molar-refractivity contribution in [3.05, 3.63) is 35.9 Å². The van der Waals surface area contributed by atoms with E-state index in [1.54, 1.807) is 0 Å². The number of nitrogens with two attached hydrogens (primary N) is 1. The first kappa shape index (κ1) is 7.77. The molecule has 1 aliphatic heterocycles. The van der Waals surface area contributed by atoms with E-state index >= 15 is 0 Å². The molecule has 0 aliphatic carbocycles. The van der Waals surface area contributed by atoms with Gasteiger partial charge in [0.1, 0.15) is 0 Å². The van der Waals surface area contributed by atoms with Gasteiger partial charge in [0.05, 0.1) is 18.6 Å². The summed E-state index contributed by atoms with van der Waals surface area (Å²) in [5.41, 5.74) is 7.14. The maximum atomic E-state index is 5.72. The van der Waals surface area contributed by atoms with Crippen LogP contribution in [0.3, 0.4) is 0 Å². The van der Waals surface area contributed by atoms with Crippen LogP contribution in [-0.2, 0) is 10.2 Å². The Kier molecular flexibility index (Phi) is 1.87. The van der Waals surface area contributed by atoms with Crippen LogP contribution < -0.4 is 5.73 Å². The number of rotatable bonds is 2. The average molecular weight is 163 g/mol. The number of ether oxygens (including phenoxy) is 1. The molecule has 2 rings (SSSR count). The van der Waals surface area contributed by atoms with E-state index in [0.717, 1.165) is 13.2 Å². The minimum atomic E-state index is 0.112. The third kappa shape index (κ3) is 1.04. The quantitative estimate of drug-likeness (QED) is 0.703. The van der Waals surface area contributed by atoms with Gasteiger partial charge in [-0.25, -0.2) is 0 Å². The third-order valence-corrected chi connectivity index (χ3v) is 2.53. The smallest absolute Gasteiger partial charge is 0.0597 e. The van der Waals surface area contributed by atoms with Crippen molar-refractivity contribution < 1.29 is 4.74 Å². The molecule has 1 saturated heterocycles. The predicted octanol–water partition coefficient (Wildman–Crippen LogP) is 0.913. The molecule has 0 atom stereocenters.